The molecule has 2 aromatic heterocycles. The maximum Gasteiger partial charge on any atom is 0.254 e. The molecule has 4 rings (SSSR count). The van der Waals surface area contributed by atoms with Gasteiger partial charge in [0.1, 0.15) is 5.82 Å². The van der Waals surface area contributed by atoms with Crippen molar-refractivity contribution >= 4 is 22.7 Å². The molecule has 0 bridgehead atoms. The fraction of sp³-hybridized carbons (Fsp3) is 0.409. The summed E-state index contributed by atoms with van der Waals surface area (Å²) in [6.07, 6.45) is 4.31. The van der Waals surface area contributed by atoms with Crippen molar-refractivity contribution in [3.63, 3.8) is 0 Å². The number of amides is 2. The number of rotatable bonds is 4. The minimum Gasteiger partial charge on any atom is -0.349 e. The smallest absolute Gasteiger partial charge is 0.254 e. The Morgan fingerprint density at radius 1 is 1.16 bits per heavy atom. The molecule has 9 heteroatoms. The summed E-state index contributed by atoms with van der Waals surface area (Å²) < 4.78 is 15.2. The van der Waals surface area contributed by atoms with Crippen LogP contribution in [0, 0.1) is 18.7 Å². The van der Waals surface area contributed by atoms with Crippen LogP contribution in [-0.2, 0) is 4.79 Å². The van der Waals surface area contributed by atoms with Gasteiger partial charge in [0, 0.05) is 48.9 Å². The van der Waals surface area contributed by atoms with E-state index in [0.717, 1.165) is 11.1 Å². The molecule has 31 heavy (non-hydrogen) atoms. The molecule has 3 heterocycles. The third-order valence-electron chi connectivity index (χ3n) is 5.55. The lowest BCUT2D eigenvalue weighted by molar-refractivity contribution is -0.135. The average molecular weight is 424 g/mol. The fourth-order valence-corrected chi connectivity index (χ4v) is 3.82. The predicted octanol–water partition coefficient (Wildman–Crippen LogP) is 2.64. The van der Waals surface area contributed by atoms with Crippen LogP contribution in [0.1, 0.15) is 42.7 Å². The van der Waals surface area contributed by atoms with Gasteiger partial charge in [-0.3, -0.25) is 9.59 Å². The molecule has 1 aliphatic heterocycles. The van der Waals surface area contributed by atoms with Crippen LogP contribution in [0.4, 0.5) is 4.39 Å². The number of nitrogens with one attached hydrogen (secondary N) is 1. The van der Waals surface area contributed by atoms with Crippen molar-refractivity contribution in [2.24, 2.45) is 5.92 Å². The summed E-state index contributed by atoms with van der Waals surface area (Å²) in [6, 6.07) is 4.45. The van der Waals surface area contributed by atoms with Crippen LogP contribution in [0.2, 0.25) is 0 Å². The van der Waals surface area contributed by atoms with E-state index in [1.165, 1.54) is 29.2 Å². The van der Waals surface area contributed by atoms with Crippen molar-refractivity contribution < 1.29 is 14.0 Å². The second kappa shape index (κ2) is 8.41. The highest BCUT2D eigenvalue weighted by Crippen LogP contribution is 2.21. The first-order chi connectivity index (χ1) is 14.8. The highest BCUT2D eigenvalue weighted by Gasteiger charge is 2.25. The van der Waals surface area contributed by atoms with E-state index < -0.39 is 0 Å². The van der Waals surface area contributed by atoms with Crippen LogP contribution in [0.5, 0.6) is 0 Å². The molecule has 0 unspecified atom stereocenters. The molecular weight excluding hydrogens is 399 g/mol. The number of halogens is 1. The number of fused-ring (bicyclic) bond motifs is 1. The molecule has 1 N–H and O–H groups in total. The fourth-order valence-electron chi connectivity index (χ4n) is 3.82. The maximum absolute atomic E-state index is 13.7. The number of benzene rings is 1. The van der Waals surface area contributed by atoms with Gasteiger partial charge in [-0.05, 0) is 31.9 Å². The second-order valence-electron chi connectivity index (χ2n) is 8.16. The van der Waals surface area contributed by atoms with Gasteiger partial charge in [0.2, 0.25) is 5.91 Å². The molecule has 0 atom stereocenters. The molecular formula is C22H25FN6O2. The summed E-state index contributed by atoms with van der Waals surface area (Å²) in [6.45, 7) is 6.89. The summed E-state index contributed by atoms with van der Waals surface area (Å²) in [5.74, 6) is -0.233. The minimum atomic E-state index is -0.370. The first-order valence-electron chi connectivity index (χ1n) is 10.4. The van der Waals surface area contributed by atoms with E-state index in [1.807, 2.05) is 25.7 Å². The summed E-state index contributed by atoms with van der Waals surface area (Å²) in [5, 5.41) is 8.20. The number of nitrogens with zero attached hydrogens (tertiary/aromatic N) is 5. The normalized spacial score (nSPS) is 14.9. The van der Waals surface area contributed by atoms with E-state index in [0.29, 0.717) is 37.0 Å². The van der Waals surface area contributed by atoms with Crippen LogP contribution in [-0.4, -0.2) is 55.6 Å². The van der Waals surface area contributed by atoms with Gasteiger partial charge in [0.15, 0.2) is 0 Å². The third kappa shape index (κ3) is 4.26. The lowest BCUT2D eigenvalue weighted by Gasteiger charge is -2.33. The van der Waals surface area contributed by atoms with Crippen LogP contribution in [0.25, 0.3) is 16.9 Å². The van der Waals surface area contributed by atoms with Gasteiger partial charge in [0.25, 0.3) is 11.9 Å². The van der Waals surface area contributed by atoms with Crippen LogP contribution < -0.4 is 5.32 Å². The van der Waals surface area contributed by atoms with Gasteiger partial charge >= 0.3 is 0 Å². The Kier molecular flexibility index (Phi) is 5.67. The molecule has 2 amide bonds. The zero-order valence-corrected chi connectivity index (χ0v) is 17.8. The molecule has 0 spiro atoms. The number of aryl methyl sites for hydroxylation is 1. The topological polar surface area (TPSA) is 93.0 Å². The van der Waals surface area contributed by atoms with Gasteiger partial charge in [-0.15, -0.1) is 0 Å². The Morgan fingerprint density at radius 3 is 2.48 bits per heavy atom. The number of carbonyl (C=O) groups is 2. The molecule has 1 saturated heterocycles. The zero-order chi connectivity index (χ0) is 22.1. The standard InChI is InChI=1S/C22H25FN6O2/c1-13(2)21(31)28-8-6-17(7-9-28)26-20(30)15-11-24-22(25-12-15)29-19-10-16(23)4-5-18(19)14(3)27-29/h4-5,10-13,17H,6-9H2,1-3H3,(H,26,30). The molecule has 162 valence electrons. The van der Waals surface area contributed by atoms with Crippen LogP contribution >= 0.6 is 0 Å². The number of hydrogen-bond donors (Lipinski definition) is 1. The summed E-state index contributed by atoms with van der Waals surface area (Å²) in [7, 11) is 0. The molecule has 0 saturated carbocycles. The summed E-state index contributed by atoms with van der Waals surface area (Å²) in [5.41, 5.74) is 1.64. The lowest BCUT2D eigenvalue weighted by Crippen LogP contribution is -2.47. The van der Waals surface area contributed by atoms with E-state index >= 15 is 0 Å². The Hall–Kier alpha value is -3.36. The Balaban J connectivity index is 1.43. The zero-order valence-electron chi connectivity index (χ0n) is 17.8. The first-order valence-corrected chi connectivity index (χ1v) is 10.4. The SMILES string of the molecule is Cc1nn(-c2ncc(C(=O)NC3CCN(C(=O)C(C)C)CC3)cn2)c2cc(F)ccc12. The Labute approximate surface area is 179 Å². The molecule has 0 aliphatic carbocycles. The second-order valence-corrected chi connectivity index (χ2v) is 8.16. The maximum atomic E-state index is 13.7. The number of aromatic nitrogens is 4. The minimum absolute atomic E-state index is 0.00377. The quantitative estimate of drug-likeness (QED) is 0.695. The van der Waals surface area contributed by atoms with Crippen molar-refractivity contribution in [2.45, 2.75) is 39.7 Å². The third-order valence-corrected chi connectivity index (χ3v) is 5.55. The lowest BCUT2D eigenvalue weighted by atomic mass is 10.0. The van der Waals surface area contributed by atoms with Gasteiger partial charge in [-0.1, -0.05) is 13.8 Å². The van der Waals surface area contributed by atoms with E-state index in [9.17, 15) is 14.0 Å². The Morgan fingerprint density at radius 2 is 1.84 bits per heavy atom. The van der Waals surface area contributed by atoms with Crippen molar-refractivity contribution in [1.82, 2.24) is 30.0 Å². The monoisotopic (exact) mass is 424 g/mol. The van der Waals surface area contributed by atoms with Crippen molar-refractivity contribution in [3.05, 3.63) is 47.7 Å². The van der Waals surface area contributed by atoms with Gasteiger partial charge in [-0.25, -0.2) is 14.4 Å². The van der Waals surface area contributed by atoms with E-state index in [4.69, 9.17) is 0 Å². The molecule has 1 aliphatic rings. The molecule has 8 nitrogen and oxygen atoms in total. The van der Waals surface area contributed by atoms with Crippen molar-refractivity contribution in [2.75, 3.05) is 13.1 Å². The molecule has 3 aromatic rings. The van der Waals surface area contributed by atoms with Crippen LogP contribution in [0.3, 0.4) is 0 Å². The summed E-state index contributed by atoms with van der Waals surface area (Å²) in [4.78, 5) is 35.1. The van der Waals surface area contributed by atoms with Gasteiger partial charge in [-0.2, -0.15) is 9.78 Å². The Bertz CT molecular complexity index is 1120. The number of likely N-dealkylation sites (tertiary alicyclic amines) is 1. The predicted molar refractivity (Wildman–Crippen MR) is 113 cm³/mol. The number of hydrogen-bond acceptors (Lipinski definition) is 5. The largest absolute Gasteiger partial charge is 0.349 e. The number of piperidine rings is 1. The van der Waals surface area contributed by atoms with Crippen molar-refractivity contribution in [3.8, 4) is 5.95 Å². The first kappa shape index (κ1) is 20.9. The van der Waals surface area contributed by atoms with Crippen molar-refractivity contribution in [1.29, 1.82) is 0 Å². The highest BCUT2D eigenvalue weighted by molar-refractivity contribution is 5.93. The molecule has 1 aromatic carbocycles. The van der Waals surface area contributed by atoms with Gasteiger partial charge in [0.05, 0.1) is 16.8 Å². The molecule has 0 radical (unpaired) electrons. The van der Waals surface area contributed by atoms with E-state index in [-0.39, 0.29) is 35.5 Å². The van der Waals surface area contributed by atoms with Crippen LogP contribution in [0.15, 0.2) is 30.6 Å². The summed E-state index contributed by atoms with van der Waals surface area (Å²) >= 11 is 0. The van der Waals surface area contributed by atoms with E-state index in [1.54, 1.807) is 6.07 Å². The highest BCUT2D eigenvalue weighted by atomic mass is 19.1. The molecule has 1 fully saturated rings. The van der Waals surface area contributed by atoms with E-state index in [2.05, 4.69) is 20.4 Å². The van der Waals surface area contributed by atoms with Gasteiger partial charge < -0.3 is 10.2 Å². The number of carbonyl (C=O) groups excluding carboxylic acids is 2. The average Bonchev–Trinajstić information content (AvgIpc) is 3.09.